The van der Waals surface area contributed by atoms with Crippen LogP contribution < -0.4 is 0 Å². The first-order chi connectivity index (χ1) is 9.28. The zero-order valence-electron chi connectivity index (χ0n) is 10.7. The van der Waals surface area contributed by atoms with Crippen LogP contribution in [0.2, 0.25) is 5.02 Å². The maximum atomic E-state index is 11.2. The van der Waals surface area contributed by atoms with Gasteiger partial charge in [-0.2, -0.15) is 0 Å². The minimum Gasteiger partial charge on any atom is -0.298 e. The van der Waals surface area contributed by atoms with Gasteiger partial charge in [0.2, 0.25) is 0 Å². The lowest BCUT2D eigenvalue weighted by atomic mass is 9.88. The number of aldehydes is 1. The average Bonchev–Trinajstić information content (AvgIpc) is 2.46. The van der Waals surface area contributed by atoms with Crippen LogP contribution in [0.15, 0.2) is 36.4 Å². The molecule has 0 spiro atoms. The summed E-state index contributed by atoms with van der Waals surface area (Å²) in [6.07, 6.45) is 5.74. The Kier molecular flexibility index (Phi) is 3.39. The lowest BCUT2D eigenvalue weighted by Gasteiger charge is -2.17. The fourth-order valence-corrected chi connectivity index (χ4v) is 2.95. The van der Waals surface area contributed by atoms with Gasteiger partial charge in [0, 0.05) is 10.6 Å². The van der Waals surface area contributed by atoms with Crippen LogP contribution in [0.3, 0.4) is 0 Å². The van der Waals surface area contributed by atoms with Crippen LogP contribution in [-0.4, -0.2) is 6.29 Å². The van der Waals surface area contributed by atoms with Gasteiger partial charge in [0.05, 0.1) is 0 Å². The first-order valence-corrected chi connectivity index (χ1v) is 7.02. The van der Waals surface area contributed by atoms with Crippen LogP contribution in [0.5, 0.6) is 0 Å². The molecular formula is C17H15ClO. The molecule has 0 unspecified atom stereocenters. The molecule has 2 aromatic rings. The van der Waals surface area contributed by atoms with Crippen molar-refractivity contribution in [2.24, 2.45) is 0 Å². The van der Waals surface area contributed by atoms with Crippen molar-refractivity contribution in [1.29, 1.82) is 0 Å². The van der Waals surface area contributed by atoms with Crippen LogP contribution in [0.4, 0.5) is 0 Å². The van der Waals surface area contributed by atoms with E-state index in [4.69, 9.17) is 11.6 Å². The largest absolute Gasteiger partial charge is 0.298 e. The number of fused-ring (bicyclic) bond motifs is 1. The number of aryl methyl sites for hydroxylation is 2. The van der Waals surface area contributed by atoms with Gasteiger partial charge >= 0.3 is 0 Å². The van der Waals surface area contributed by atoms with Crippen LogP contribution in [0, 0.1) is 0 Å². The molecule has 0 saturated carbocycles. The second kappa shape index (κ2) is 5.18. The number of carbonyl (C=O) groups excluding carboxylic acids is 1. The van der Waals surface area contributed by atoms with Gasteiger partial charge in [-0.25, -0.2) is 0 Å². The van der Waals surface area contributed by atoms with Crippen LogP contribution in [0.25, 0.3) is 11.1 Å². The SMILES string of the molecule is O=Cc1ccc(Cl)cc1-c1ccc2c(c1)CCCC2. The van der Waals surface area contributed by atoms with Gasteiger partial charge in [-0.15, -0.1) is 0 Å². The van der Waals surface area contributed by atoms with E-state index in [1.165, 1.54) is 30.4 Å². The van der Waals surface area contributed by atoms with Crippen molar-refractivity contribution in [3.05, 3.63) is 58.1 Å². The molecule has 0 atom stereocenters. The van der Waals surface area contributed by atoms with E-state index in [2.05, 4.69) is 18.2 Å². The Hall–Kier alpha value is -1.60. The number of benzene rings is 2. The first-order valence-electron chi connectivity index (χ1n) is 6.65. The van der Waals surface area contributed by atoms with E-state index in [0.717, 1.165) is 23.8 Å². The molecule has 3 rings (SSSR count). The van der Waals surface area contributed by atoms with E-state index >= 15 is 0 Å². The molecule has 96 valence electrons. The molecule has 0 N–H and O–H groups in total. The molecule has 1 nitrogen and oxygen atoms in total. The van der Waals surface area contributed by atoms with E-state index in [1.807, 2.05) is 6.07 Å². The second-order valence-electron chi connectivity index (χ2n) is 5.04. The minimum absolute atomic E-state index is 0.665. The minimum atomic E-state index is 0.665. The normalized spacial score (nSPS) is 13.9. The van der Waals surface area contributed by atoms with Gasteiger partial charge in [-0.05, 0) is 66.1 Å². The maximum Gasteiger partial charge on any atom is 0.150 e. The van der Waals surface area contributed by atoms with E-state index in [0.29, 0.717) is 10.6 Å². The molecule has 2 aromatic carbocycles. The Morgan fingerprint density at radius 1 is 0.947 bits per heavy atom. The predicted molar refractivity (Wildman–Crippen MR) is 78.9 cm³/mol. The summed E-state index contributed by atoms with van der Waals surface area (Å²) in [6, 6.07) is 11.9. The summed E-state index contributed by atoms with van der Waals surface area (Å²) in [5, 5.41) is 0.665. The van der Waals surface area contributed by atoms with E-state index < -0.39 is 0 Å². The molecule has 0 fully saturated rings. The van der Waals surface area contributed by atoms with Crippen molar-refractivity contribution in [3.63, 3.8) is 0 Å². The summed E-state index contributed by atoms with van der Waals surface area (Å²) >= 11 is 6.05. The standard InChI is InChI=1S/C17H15ClO/c18-16-8-7-15(11-19)17(10-16)14-6-5-12-3-1-2-4-13(12)9-14/h5-11H,1-4H2. The third-order valence-corrected chi connectivity index (χ3v) is 4.04. The number of rotatable bonds is 2. The molecule has 0 aliphatic heterocycles. The van der Waals surface area contributed by atoms with Crippen molar-refractivity contribution < 1.29 is 4.79 Å². The molecule has 1 aliphatic carbocycles. The van der Waals surface area contributed by atoms with Gasteiger partial charge in [-0.3, -0.25) is 4.79 Å². The molecule has 0 amide bonds. The molecule has 1 aliphatic rings. The zero-order chi connectivity index (χ0) is 13.2. The maximum absolute atomic E-state index is 11.2. The topological polar surface area (TPSA) is 17.1 Å². The molecule has 2 heteroatoms. The molecule has 0 aromatic heterocycles. The highest BCUT2D eigenvalue weighted by atomic mass is 35.5. The van der Waals surface area contributed by atoms with Crippen molar-refractivity contribution >= 4 is 17.9 Å². The monoisotopic (exact) mass is 270 g/mol. The molecular weight excluding hydrogens is 256 g/mol. The number of halogens is 1. The molecule has 0 bridgehead atoms. The van der Waals surface area contributed by atoms with Crippen molar-refractivity contribution in [2.75, 3.05) is 0 Å². The summed E-state index contributed by atoms with van der Waals surface area (Å²) in [5.41, 5.74) is 5.58. The third-order valence-electron chi connectivity index (χ3n) is 3.80. The zero-order valence-corrected chi connectivity index (χ0v) is 11.4. The fraction of sp³-hybridized carbons (Fsp3) is 0.235. The lowest BCUT2D eigenvalue weighted by Crippen LogP contribution is -2.02. The quantitative estimate of drug-likeness (QED) is 0.723. The molecule has 19 heavy (non-hydrogen) atoms. The van der Waals surface area contributed by atoms with E-state index in [-0.39, 0.29) is 0 Å². The Morgan fingerprint density at radius 3 is 2.53 bits per heavy atom. The number of hydrogen-bond acceptors (Lipinski definition) is 1. The van der Waals surface area contributed by atoms with Gasteiger partial charge in [0.25, 0.3) is 0 Å². The van der Waals surface area contributed by atoms with Crippen molar-refractivity contribution in [3.8, 4) is 11.1 Å². The van der Waals surface area contributed by atoms with Crippen LogP contribution in [-0.2, 0) is 12.8 Å². The van der Waals surface area contributed by atoms with Gasteiger partial charge in [0.1, 0.15) is 0 Å². The van der Waals surface area contributed by atoms with Gasteiger partial charge in [-0.1, -0.05) is 29.8 Å². The van der Waals surface area contributed by atoms with Gasteiger partial charge < -0.3 is 0 Å². The third kappa shape index (κ3) is 2.43. The Labute approximate surface area is 118 Å². The molecule has 0 saturated heterocycles. The fourth-order valence-electron chi connectivity index (χ4n) is 2.78. The van der Waals surface area contributed by atoms with E-state index in [1.54, 1.807) is 12.1 Å². The summed E-state index contributed by atoms with van der Waals surface area (Å²) in [5.74, 6) is 0. The summed E-state index contributed by atoms with van der Waals surface area (Å²) in [4.78, 5) is 11.2. The highest BCUT2D eigenvalue weighted by Crippen LogP contribution is 2.30. The summed E-state index contributed by atoms with van der Waals surface area (Å²) in [6.45, 7) is 0. The predicted octanol–water partition coefficient (Wildman–Crippen LogP) is 4.70. The smallest absolute Gasteiger partial charge is 0.150 e. The Bertz CT molecular complexity index is 631. The van der Waals surface area contributed by atoms with Crippen molar-refractivity contribution in [1.82, 2.24) is 0 Å². The average molecular weight is 271 g/mol. The first kappa shape index (κ1) is 12.4. The van der Waals surface area contributed by atoms with Gasteiger partial charge in [0.15, 0.2) is 6.29 Å². The highest BCUT2D eigenvalue weighted by molar-refractivity contribution is 6.31. The summed E-state index contributed by atoms with van der Waals surface area (Å²) < 4.78 is 0. The molecule has 0 radical (unpaired) electrons. The second-order valence-corrected chi connectivity index (χ2v) is 5.48. The Balaban J connectivity index is 2.11. The highest BCUT2D eigenvalue weighted by Gasteiger charge is 2.12. The molecule has 0 heterocycles. The van der Waals surface area contributed by atoms with Crippen LogP contribution in [0.1, 0.15) is 34.3 Å². The van der Waals surface area contributed by atoms with Crippen LogP contribution >= 0.6 is 11.6 Å². The number of hydrogen-bond donors (Lipinski definition) is 0. The Morgan fingerprint density at radius 2 is 1.74 bits per heavy atom. The summed E-state index contributed by atoms with van der Waals surface area (Å²) in [7, 11) is 0. The number of carbonyl (C=O) groups is 1. The lowest BCUT2D eigenvalue weighted by molar-refractivity contribution is 0.112. The van der Waals surface area contributed by atoms with Crippen molar-refractivity contribution in [2.45, 2.75) is 25.7 Å². The van der Waals surface area contributed by atoms with E-state index in [9.17, 15) is 4.79 Å².